The van der Waals surface area contributed by atoms with Gasteiger partial charge in [-0.2, -0.15) is 0 Å². The van der Waals surface area contributed by atoms with Crippen LogP contribution in [0.5, 0.6) is 5.75 Å². The zero-order valence-electron chi connectivity index (χ0n) is 21.6. The third-order valence-corrected chi connectivity index (χ3v) is 7.85. The van der Waals surface area contributed by atoms with Crippen LogP contribution in [-0.2, 0) is 4.79 Å². The van der Waals surface area contributed by atoms with Gasteiger partial charge >= 0.3 is 0 Å². The number of hydrogen-bond donors (Lipinski definition) is 0. The van der Waals surface area contributed by atoms with Gasteiger partial charge < -0.3 is 19.0 Å². The van der Waals surface area contributed by atoms with Crippen LogP contribution in [0, 0.1) is 15.5 Å². The number of amides is 2. The van der Waals surface area contributed by atoms with E-state index in [1.807, 2.05) is 28.9 Å². The molecule has 9 nitrogen and oxygen atoms in total. The van der Waals surface area contributed by atoms with Crippen molar-refractivity contribution < 1.29 is 23.7 Å². The quantitative estimate of drug-likeness (QED) is 0.250. The number of likely N-dealkylation sites (tertiary alicyclic amines) is 2. The number of non-ortho nitro benzene ring substituents is 1. The van der Waals surface area contributed by atoms with Crippen LogP contribution in [0.1, 0.15) is 48.7 Å². The molecule has 0 atom stereocenters. The lowest BCUT2D eigenvalue weighted by atomic mass is 9.77. The Balaban J connectivity index is 1.23. The molecule has 0 bridgehead atoms. The number of nitro benzene ring substituents is 1. The summed E-state index contributed by atoms with van der Waals surface area (Å²) in [6, 6.07) is 13.7. The van der Waals surface area contributed by atoms with E-state index in [0.717, 1.165) is 24.6 Å². The van der Waals surface area contributed by atoms with Gasteiger partial charge in [-0.1, -0.05) is 31.2 Å². The molecule has 2 amide bonds. The van der Waals surface area contributed by atoms with Gasteiger partial charge in [0.15, 0.2) is 17.1 Å². The number of fused-ring (bicyclic) bond motifs is 1. The predicted molar refractivity (Wildman–Crippen MR) is 143 cm³/mol. The van der Waals surface area contributed by atoms with Gasteiger partial charge in [0.25, 0.3) is 11.6 Å². The summed E-state index contributed by atoms with van der Waals surface area (Å²) in [5.74, 6) is 0.756. The van der Waals surface area contributed by atoms with Crippen LogP contribution >= 0.6 is 0 Å². The summed E-state index contributed by atoms with van der Waals surface area (Å²) in [6.45, 7) is 4.47. The molecule has 38 heavy (non-hydrogen) atoms. The highest BCUT2D eigenvalue weighted by Crippen LogP contribution is 2.41. The number of ether oxygens (including phenoxy) is 1. The Morgan fingerprint density at radius 3 is 2.47 bits per heavy atom. The zero-order valence-corrected chi connectivity index (χ0v) is 21.6. The Morgan fingerprint density at radius 1 is 1.08 bits per heavy atom. The van der Waals surface area contributed by atoms with E-state index in [1.165, 1.54) is 12.1 Å². The van der Waals surface area contributed by atoms with Crippen LogP contribution in [0.25, 0.3) is 17.0 Å². The minimum atomic E-state index is -0.433. The summed E-state index contributed by atoms with van der Waals surface area (Å²) in [7, 11) is 1.57. The lowest BCUT2D eigenvalue weighted by Gasteiger charge is -2.39. The van der Waals surface area contributed by atoms with E-state index in [1.54, 1.807) is 37.5 Å². The van der Waals surface area contributed by atoms with Crippen LogP contribution in [0.3, 0.4) is 0 Å². The molecule has 0 N–H and O–H groups in total. The van der Waals surface area contributed by atoms with Crippen molar-refractivity contribution in [3.05, 3.63) is 75.5 Å². The van der Waals surface area contributed by atoms with E-state index in [2.05, 4.69) is 0 Å². The van der Waals surface area contributed by atoms with Crippen molar-refractivity contribution in [2.75, 3.05) is 33.3 Å². The van der Waals surface area contributed by atoms with E-state index in [-0.39, 0.29) is 22.9 Å². The molecular weight excluding hydrogens is 486 g/mol. The maximum atomic E-state index is 13.4. The molecule has 3 aromatic rings. The SMILES string of the molecule is CCC(=Cc1cccc([N+](=O)[O-])c1)C(=O)N1CCC2(CCN(C(=O)c3cc4cccc(OC)c4o3)CC2)C1. The van der Waals surface area contributed by atoms with Crippen molar-refractivity contribution in [1.29, 1.82) is 0 Å². The third kappa shape index (κ3) is 4.88. The van der Waals surface area contributed by atoms with Crippen LogP contribution in [0.4, 0.5) is 5.69 Å². The molecule has 5 rings (SSSR count). The molecule has 2 fully saturated rings. The van der Waals surface area contributed by atoms with E-state index < -0.39 is 4.92 Å². The topological polar surface area (TPSA) is 106 Å². The lowest BCUT2D eigenvalue weighted by Crippen LogP contribution is -2.44. The summed E-state index contributed by atoms with van der Waals surface area (Å²) >= 11 is 0. The molecule has 2 aliphatic heterocycles. The summed E-state index contributed by atoms with van der Waals surface area (Å²) in [4.78, 5) is 41.0. The fraction of sp³-hybridized carbons (Fsp3) is 0.379. The fourth-order valence-corrected chi connectivity index (χ4v) is 5.61. The molecular formula is C29H31N3O6. The standard InChI is InChI=1S/C29H31N3O6/c1-3-21(16-20-6-4-8-23(17-20)32(35)36)27(33)31-15-12-29(19-31)10-13-30(14-11-29)28(34)25-18-22-7-5-9-24(37-2)26(22)38-25/h4-9,16-18H,3,10-15,19H2,1-2H3. The molecule has 2 aromatic carbocycles. The summed E-state index contributed by atoms with van der Waals surface area (Å²) in [5, 5.41) is 11.9. The Kier molecular flexibility index (Phi) is 6.93. The molecule has 1 aromatic heterocycles. The van der Waals surface area contributed by atoms with Crippen LogP contribution < -0.4 is 4.74 Å². The van der Waals surface area contributed by atoms with Crippen molar-refractivity contribution in [3.8, 4) is 5.75 Å². The number of hydrogen-bond acceptors (Lipinski definition) is 6. The molecule has 9 heteroatoms. The molecule has 0 radical (unpaired) electrons. The molecule has 2 aliphatic rings. The first-order valence-corrected chi connectivity index (χ1v) is 12.9. The maximum absolute atomic E-state index is 13.4. The van der Waals surface area contributed by atoms with Crippen molar-refractivity contribution in [2.24, 2.45) is 5.41 Å². The number of nitrogens with zero attached hydrogens (tertiary/aromatic N) is 3. The van der Waals surface area contributed by atoms with Crippen LogP contribution in [0.2, 0.25) is 0 Å². The van der Waals surface area contributed by atoms with Gasteiger partial charge in [-0.3, -0.25) is 19.7 Å². The molecule has 2 saturated heterocycles. The first kappa shape index (κ1) is 25.5. The predicted octanol–water partition coefficient (Wildman–Crippen LogP) is 5.30. The Labute approximate surface area is 220 Å². The van der Waals surface area contributed by atoms with Crippen molar-refractivity contribution in [1.82, 2.24) is 9.80 Å². The second kappa shape index (κ2) is 10.3. The number of benzene rings is 2. The van der Waals surface area contributed by atoms with Gasteiger partial charge in [0.05, 0.1) is 12.0 Å². The van der Waals surface area contributed by atoms with Gasteiger partial charge in [-0.25, -0.2) is 0 Å². The smallest absolute Gasteiger partial charge is 0.289 e. The first-order valence-electron chi connectivity index (χ1n) is 12.9. The fourth-order valence-electron chi connectivity index (χ4n) is 5.61. The maximum Gasteiger partial charge on any atom is 0.289 e. The first-order chi connectivity index (χ1) is 18.3. The van der Waals surface area contributed by atoms with Crippen molar-refractivity contribution in [2.45, 2.75) is 32.6 Å². The van der Waals surface area contributed by atoms with Gasteiger partial charge in [0.1, 0.15) is 0 Å². The van der Waals surface area contributed by atoms with Gasteiger partial charge in [-0.05, 0) is 54.9 Å². The number of methoxy groups -OCH3 is 1. The van der Waals surface area contributed by atoms with Crippen LogP contribution in [-0.4, -0.2) is 59.8 Å². The Bertz CT molecular complexity index is 1420. The summed E-state index contributed by atoms with van der Waals surface area (Å²) in [6.07, 6.45) is 4.83. The second-order valence-electron chi connectivity index (χ2n) is 10.1. The molecule has 0 saturated carbocycles. The van der Waals surface area contributed by atoms with Crippen molar-refractivity contribution >= 4 is 34.5 Å². The van der Waals surface area contributed by atoms with E-state index in [9.17, 15) is 19.7 Å². The average molecular weight is 518 g/mol. The molecule has 0 unspecified atom stereocenters. The second-order valence-corrected chi connectivity index (χ2v) is 10.1. The van der Waals surface area contributed by atoms with Gasteiger partial charge in [0, 0.05) is 49.3 Å². The number of furan rings is 1. The van der Waals surface area contributed by atoms with E-state index in [4.69, 9.17) is 9.15 Å². The minimum absolute atomic E-state index is 0.00451. The lowest BCUT2D eigenvalue weighted by molar-refractivity contribution is -0.384. The zero-order chi connectivity index (χ0) is 26.9. The number of para-hydroxylation sites is 1. The van der Waals surface area contributed by atoms with Gasteiger partial charge in [0.2, 0.25) is 5.91 Å². The average Bonchev–Trinajstić information content (AvgIpc) is 3.56. The van der Waals surface area contributed by atoms with Crippen molar-refractivity contribution in [3.63, 3.8) is 0 Å². The number of carbonyl (C=O) groups is 2. The summed E-state index contributed by atoms with van der Waals surface area (Å²) in [5.41, 5.74) is 1.85. The number of nitro groups is 1. The minimum Gasteiger partial charge on any atom is -0.493 e. The number of rotatable bonds is 6. The highest BCUT2D eigenvalue weighted by molar-refractivity contribution is 5.98. The third-order valence-electron chi connectivity index (χ3n) is 7.85. The number of piperidine rings is 1. The highest BCUT2D eigenvalue weighted by atomic mass is 16.6. The van der Waals surface area contributed by atoms with E-state index >= 15 is 0 Å². The molecule has 1 spiro atoms. The highest BCUT2D eigenvalue weighted by Gasteiger charge is 2.43. The van der Waals surface area contributed by atoms with Gasteiger partial charge in [-0.15, -0.1) is 0 Å². The molecule has 198 valence electrons. The van der Waals surface area contributed by atoms with E-state index in [0.29, 0.717) is 60.8 Å². The van der Waals surface area contributed by atoms with Crippen LogP contribution in [0.15, 0.2) is 58.5 Å². The largest absolute Gasteiger partial charge is 0.493 e. The Morgan fingerprint density at radius 2 is 1.79 bits per heavy atom. The number of carbonyl (C=O) groups excluding carboxylic acids is 2. The Hall–Kier alpha value is -4.14. The molecule has 0 aliphatic carbocycles. The monoisotopic (exact) mass is 517 g/mol. The normalized spacial score (nSPS) is 17.3. The summed E-state index contributed by atoms with van der Waals surface area (Å²) < 4.78 is 11.2. The molecule has 3 heterocycles.